The molecule has 0 radical (unpaired) electrons. The Morgan fingerprint density at radius 2 is 1.85 bits per heavy atom. The lowest BCUT2D eigenvalue weighted by Gasteiger charge is -2.26. The normalized spacial score (nSPS) is 18.1. The fraction of sp³-hybridized carbons (Fsp3) is 0.529. The molecule has 1 aliphatic heterocycles. The van der Waals surface area contributed by atoms with Crippen molar-refractivity contribution in [1.82, 2.24) is 5.32 Å². The van der Waals surface area contributed by atoms with E-state index in [0.29, 0.717) is 31.6 Å². The highest BCUT2D eigenvalue weighted by atomic mass is 32.2. The van der Waals surface area contributed by atoms with Crippen LogP contribution in [-0.2, 0) is 24.2 Å². The van der Waals surface area contributed by atoms with Crippen LogP contribution in [-0.4, -0.2) is 49.1 Å². The summed E-state index contributed by atoms with van der Waals surface area (Å²) in [6.45, 7) is 1.95. The Labute approximate surface area is 151 Å². The van der Waals surface area contributed by atoms with Gasteiger partial charge in [-0.2, -0.15) is 0 Å². The molecule has 1 fully saturated rings. The first-order valence-electron chi connectivity index (χ1n) is 8.30. The lowest BCUT2D eigenvalue weighted by atomic mass is 10.0. The first-order chi connectivity index (χ1) is 12.2. The molecule has 7 nitrogen and oxygen atoms in total. The van der Waals surface area contributed by atoms with Crippen molar-refractivity contribution in [2.45, 2.75) is 42.7 Å². The highest BCUT2D eigenvalue weighted by molar-refractivity contribution is 7.93. The highest BCUT2D eigenvalue weighted by Crippen LogP contribution is 2.22. The summed E-state index contributed by atoms with van der Waals surface area (Å²) >= 11 is 0. The third kappa shape index (κ3) is 5.01. The summed E-state index contributed by atoms with van der Waals surface area (Å²) in [5, 5.41) is 9.56. The van der Waals surface area contributed by atoms with Gasteiger partial charge in [-0.25, -0.2) is 12.8 Å². The Balaban J connectivity index is 2.14. The molecular formula is C17H22FNO6S. The minimum Gasteiger partial charge on any atom is -0.481 e. The number of aliphatic carboxylic acids is 1. The average Bonchev–Trinajstić information content (AvgIpc) is 2.61. The molecule has 9 heteroatoms. The van der Waals surface area contributed by atoms with Crippen molar-refractivity contribution < 1.29 is 32.2 Å². The minimum absolute atomic E-state index is 0.329. The van der Waals surface area contributed by atoms with E-state index < -0.39 is 50.5 Å². The Kier molecular flexibility index (Phi) is 6.71. The molecule has 1 saturated heterocycles. The Hall–Kier alpha value is -2.00. The molecule has 0 aliphatic carbocycles. The van der Waals surface area contributed by atoms with Crippen LogP contribution in [0.2, 0.25) is 0 Å². The number of rotatable bonds is 7. The predicted molar refractivity (Wildman–Crippen MR) is 91.8 cm³/mol. The first kappa shape index (κ1) is 20.3. The Morgan fingerprint density at radius 1 is 1.27 bits per heavy atom. The van der Waals surface area contributed by atoms with Crippen LogP contribution in [0.15, 0.2) is 24.3 Å². The second-order valence-electron chi connectivity index (χ2n) is 6.25. The second kappa shape index (κ2) is 8.59. The maximum absolute atomic E-state index is 13.1. The SMILES string of the molecule is CC(C(=O)NC(CC(=O)O)c1ccc(F)cc1)S(=O)(=O)C1CCOCC1. The summed E-state index contributed by atoms with van der Waals surface area (Å²) < 4.78 is 43.5. The fourth-order valence-electron chi connectivity index (χ4n) is 2.85. The number of carbonyl (C=O) groups is 2. The highest BCUT2D eigenvalue weighted by Gasteiger charge is 2.37. The van der Waals surface area contributed by atoms with Gasteiger partial charge in [-0.3, -0.25) is 9.59 Å². The van der Waals surface area contributed by atoms with E-state index in [0.717, 1.165) is 12.1 Å². The summed E-state index contributed by atoms with van der Waals surface area (Å²) in [6, 6.07) is 4.08. The van der Waals surface area contributed by atoms with Crippen LogP contribution in [0.4, 0.5) is 4.39 Å². The number of sulfone groups is 1. The molecule has 2 unspecified atom stereocenters. The number of carboxylic acids is 1. The van der Waals surface area contributed by atoms with Crippen molar-refractivity contribution in [3.05, 3.63) is 35.6 Å². The average molecular weight is 387 g/mol. The van der Waals surface area contributed by atoms with Crippen molar-refractivity contribution in [1.29, 1.82) is 0 Å². The largest absolute Gasteiger partial charge is 0.481 e. The van der Waals surface area contributed by atoms with Crippen LogP contribution >= 0.6 is 0 Å². The number of carbonyl (C=O) groups excluding carboxylic acids is 1. The number of nitrogens with one attached hydrogen (secondary N) is 1. The van der Waals surface area contributed by atoms with E-state index in [1.165, 1.54) is 19.1 Å². The third-order valence-electron chi connectivity index (χ3n) is 4.46. The molecule has 2 atom stereocenters. The molecule has 0 saturated carbocycles. The number of benzene rings is 1. The minimum atomic E-state index is -3.72. The second-order valence-corrected chi connectivity index (χ2v) is 8.81. The van der Waals surface area contributed by atoms with E-state index in [-0.39, 0.29) is 0 Å². The number of halogens is 1. The van der Waals surface area contributed by atoms with Gasteiger partial charge in [-0.15, -0.1) is 0 Å². The summed E-state index contributed by atoms with van der Waals surface area (Å²) in [6.07, 6.45) is 0.217. The number of hydrogen-bond donors (Lipinski definition) is 2. The van der Waals surface area contributed by atoms with Gasteiger partial charge in [0, 0.05) is 13.2 Å². The van der Waals surface area contributed by atoms with Crippen LogP contribution < -0.4 is 5.32 Å². The maximum atomic E-state index is 13.1. The third-order valence-corrected chi connectivity index (χ3v) is 7.06. The van der Waals surface area contributed by atoms with E-state index in [1.807, 2.05) is 0 Å². The van der Waals surface area contributed by atoms with E-state index in [1.54, 1.807) is 0 Å². The molecule has 0 aromatic heterocycles. The zero-order valence-electron chi connectivity index (χ0n) is 14.4. The molecule has 2 rings (SSSR count). The zero-order chi connectivity index (χ0) is 19.3. The van der Waals surface area contributed by atoms with Crippen molar-refractivity contribution in [2.24, 2.45) is 0 Å². The number of amides is 1. The Morgan fingerprint density at radius 3 is 2.38 bits per heavy atom. The smallest absolute Gasteiger partial charge is 0.305 e. The van der Waals surface area contributed by atoms with Gasteiger partial charge >= 0.3 is 5.97 Å². The molecule has 1 aliphatic rings. The van der Waals surface area contributed by atoms with Crippen molar-refractivity contribution in [2.75, 3.05) is 13.2 Å². The van der Waals surface area contributed by atoms with Gasteiger partial charge in [0.25, 0.3) is 0 Å². The van der Waals surface area contributed by atoms with E-state index >= 15 is 0 Å². The molecule has 1 heterocycles. The molecule has 144 valence electrons. The molecule has 1 aromatic rings. The van der Waals surface area contributed by atoms with Gasteiger partial charge in [0.1, 0.15) is 11.1 Å². The molecule has 0 spiro atoms. The van der Waals surface area contributed by atoms with Crippen LogP contribution in [0.25, 0.3) is 0 Å². The predicted octanol–water partition coefficient (Wildman–Crippen LogP) is 1.44. The van der Waals surface area contributed by atoms with Gasteiger partial charge in [-0.1, -0.05) is 12.1 Å². The van der Waals surface area contributed by atoms with E-state index in [2.05, 4.69) is 5.32 Å². The summed E-state index contributed by atoms with van der Waals surface area (Å²) in [4.78, 5) is 23.6. The quantitative estimate of drug-likeness (QED) is 0.733. The van der Waals surface area contributed by atoms with Gasteiger partial charge in [-0.05, 0) is 37.5 Å². The monoisotopic (exact) mass is 387 g/mol. The van der Waals surface area contributed by atoms with Gasteiger partial charge < -0.3 is 15.2 Å². The van der Waals surface area contributed by atoms with Crippen molar-refractivity contribution in [3.8, 4) is 0 Å². The maximum Gasteiger partial charge on any atom is 0.305 e. The van der Waals surface area contributed by atoms with Crippen LogP contribution in [0.3, 0.4) is 0 Å². The van der Waals surface area contributed by atoms with Gasteiger partial charge in [0.05, 0.1) is 17.7 Å². The van der Waals surface area contributed by atoms with Crippen LogP contribution in [0.1, 0.15) is 37.8 Å². The number of carboxylic acid groups (broad SMARTS) is 1. The first-order valence-corrected chi connectivity index (χ1v) is 9.91. The van der Waals surface area contributed by atoms with Crippen LogP contribution in [0.5, 0.6) is 0 Å². The lowest BCUT2D eigenvalue weighted by molar-refractivity contribution is -0.137. The standard InChI is InChI=1S/C17H22FNO6S/c1-11(26(23,24)14-6-8-25-9-7-14)17(22)19-15(10-16(20)21)12-2-4-13(18)5-3-12/h2-5,11,14-15H,6-10H2,1H3,(H,19,22)(H,20,21). The molecule has 2 N–H and O–H groups in total. The molecular weight excluding hydrogens is 365 g/mol. The van der Waals surface area contributed by atoms with Gasteiger partial charge in [0.2, 0.25) is 5.91 Å². The van der Waals surface area contributed by atoms with Crippen molar-refractivity contribution in [3.63, 3.8) is 0 Å². The number of hydrogen-bond acceptors (Lipinski definition) is 5. The topological polar surface area (TPSA) is 110 Å². The molecule has 0 bridgehead atoms. The summed E-state index contributed by atoms with van der Waals surface area (Å²) in [5.41, 5.74) is 0.387. The zero-order valence-corrected chi connectivity index (χ0v) is 15.2. The van der Waals surface area contributed by atoms with Crippen molar-refractivity contribution >= 4 is 21.7 Å². The molecule has 26 heavy (non-hydrogen) atoms. The van der Waals surface area contributed by atoms with E-state index in [9.17, 15) is 22.4 Å². The number of ether oxygens (including phenoxy) is 1. The lowest BCUT2D eigenvalue weighted by Crippen LogP contribution is -2.45. The summed E-state index contributed by atoms with van der Waals surface area (Å²) in [5.74, 6) is -2.43. The Bertz CT molecular complexity index is 743. The fourth-order valence-corrected chi connectivity index (χ4v) is 4.65. The van der Waals surface area contributed by atoms with Crippen LogP contribution in [0, 0.1) is 5.82 Å². The van der Waals surface area contributed by atoms with E-state index in [4.69, 9.17) is 9.84 Å². The van der Waals surface area contributed by atoms with Gasteiger partial charge in [0.15, 0.2) is 9.84 Å². The molecule has 1 aromatic carbocycles. The molecule has 1 amide bonds. The summed E-state index contributed by atoms with van der Waals surface area (Å²) in [7, 11) is -3.72.